The molecule has 0 amide bonds. The standard InChI is InChI=1S/2C10H9.C4H10Cl2Si.Zr/c2*1-8-6-9-4-2-3-5-10(9)7-8;1-3-7(5,6)4-2;/h2*2-7H,1H3;3-4H2,1-2H3;/q2*-1;;+2. The van der Waals surface area contributed by atoms with E-state index in [2.05, 4.69) is 86.6 Å². The first-order chi connectivity index (χ1) is 12.8. The Bertz CT molecular complexity index is 825. The molecule has 0 aliphatic rings. The number of fused-ring (bicyclic) bond motifs is 2. The number of halogens is 2. The van der Waals surface area contributed by atoms with Gasteiger partial charge >= 0.3 is 26.2 Å². The molecule has 4 aromatic rings. The molecule has 0 radical (unpaired) electrons. The van der Waals surface area contributed by atoms with Crippen molar-refractivity contribution in [1.82, 2.24) is 0 Å². The first kappa shape index (κ1) is 25.4. The number of hydrogen-bond donors (Lipinski definition) is 0. The minimum absolute atomic E-state index is 0. The van der Waals surface area contributed by atoms with Crippen molar-refractivity contribution >= 4 is 50.4 Å². The van der Waals surface area contributed by atoms with Crippen LogP contribution in [0.3, 0.4) is 0 Å². The third kappa shape index (κ3) is 7.99. The second-order valence-electron chi connectivity index (χ2n) is 6.89. The average Bonchev–Trinajstić information content (AvgIpc) is 3.23. The quantitative estimate of drug-likeness (QED) is 0.145. The predicted molar refractivity (Wildman–Crippen MR) is 127 cm³/mol. The minimum atomic E-state index is -1.71. The maximum absolute atomic E-state index is 5.81. The Labute approximate surface area is 199 Å². The van der Waals surface area contributed by atoms with Crippen molar-refractivity contribution in [2.75, 3.05) is 0 Å². The molecule has 4 heteroatoms. The van der Waals surface area contributed by atoms with E-state index in [1.54, 1.807) is 0 Å². The minimum Gasteiger partial charge on any atom is -0.165 e. The summed E-state index contributed by atoms with van der Waals surface area (Å²) in [6, 6.07) is 27.6. The molecule has 0 fully saturated rings. The summed E-state index contributed by atoms with van der Waals surface area (Å²) in [7, 11) is 0. The summed E-state index contributed by atoms with van der Waals surface area (Å²) in [4.78, 5) is 0. The SMILES string of the molecule is CC[Si](Cl)(Cl)CC.Cc1cc2ccccc2[cH-]1.Cc1cc2ccccc2[cH-]1.[Zr+2]. The van der Waals surface area contributed by atoms with Gasteiger partial charge in [0.05, 0.1) is 0 Å². The first-order valence-electron chi connectivity index (χ1n) is 9.46. The Morgan fingerprint density at radius 1 is 0.714 bits per heavy atom. The molecule has 0 N–H and O–H groups in total. The van der Waals surface area contributed by atoms with Crippen molar-refractivity contribution in [3.8, 4) is 0 Å². The van der Waals surface area contributed by atoms with Crippen molar-refractivity contribution in [3.63, 3.8) is 0 Å². The summed E-state index contributed by atoms with van der Waals surface area (Å²) in [5, 5.41) is 5.39. The zero-order valence-corrected chi connectivity index (χ0v) is 22.1. The van der Waals surface area contributed by atoms with Crippen molar-refractivity contribution in [2.24, 2.45) is 0 Å². The molecule has 0 atom stereocenters. The van der Waals surface area contributed by atoms with Crippen LogP contribution in [0.4, 0.5) is 0 Å². The maximum atomic E-state index is 5.81. The van der Waals surface area contributed by atoms with E-state index in [0.717, 1.165) is 12.1 Å². The molecule has 0 spiro atoms. The van der Waals surface area contributed by atoms with Crippen LogP contribution in [0, 0.1) is 13.8 Å². The van der Waals surface area contributed by atoms with Gasteiger partial charge in [0.1, 0.15) is 0 Å². The van der Waals surface area contributed by atoms with Crippen LogP contribution < -0.4 is 0 Å². The van der Waals surface area contributed by atoms with Gasteiger partial charge in [0.15, 0.2) is 0 Å². The Morgan fingerprint density at radius 2 is 1.07 bits per heavy atom. The van der Waals surface area contributed by atoms with Crippen LogP contribution >= 0.6 is 22.2 Å². The van der Waals surface area contributed by atoms with Crippen molar-refractivity contribution < 1.29 is 26.2 Å². The van der Waals surface area contributed by atoms with E-state index in [1.165, 1.54) is 32.7 Å². The van der Waals surface area contributed by atoms with E-state index < -0.39 is 6.69 Å². The van der Waals surface area contributed by atoms with E-state index >= 15 is 0 Å². The number of benzene rings is 2. The normalized spacial score (nSPS) is 10.5. The fraction of sp³-hybridized carbons (Fsp3) is 0.250. The fourth-order valence-electron chi connectivity index (χ4n) is 2.86. The van der Waals surface area contributed by atoms with Gasteiger partial charge in [0.25, 0.3) is 6.69 Å². The predicted octanol–water partition coefficient (Wildman–Crippen LogP) is 8.68. The van der Waals surface area contributed by atoms with Gasteiger partial charge in [-0.3, -0.25) is 0 Å². The number of aryl methyl sites for hydroxylation is 2. The Kier molecular flexibility index (Phi) is 11.0. The number of rotatable bonds is 2. The van der Waals surface area contributed by atoms with E-state index in [4.69, 9.17) is 22.2 Å². The third-order valence-corrected chi connectivity index (χ3v) is 9.84. The number of hydrogen-bond acceptors (Lipinski definition) is 0. The molecule has 0 unspecified atom stereocenters. The van der Waals surface area contributed by atoms with Crippen LogP contribution in [0.5, 0.6) is 0 Å². The molecular formula is C24H28Cl2SiZr. The second-order valence-corrected chi connectivity index (χ2v) is 14.9. The van der Waals surface area contributed by atoms with E-state index in [-0.39, 0.29) is 26.2 Å². The smallest absolute Gasteiger partial charge is 0.165 e. The molecule has 0 aromatic heterocycles. The van der Waals surface area contributed by atoms with Crippen LogP contribution in [-0.2, 0) is 26.2 Å². The summed E-state index contributed by atoms with van der Waals surface area (Å²) < 4.78 is 0. The molecule has 0 heterocycles. The van der Waals surface area contributed by atoms with Crippen molar-refractivity contribution in [1.29, 1.82) is 0 Å². The monoisotopic (exact) mass is 504 g/mol. The molecular weight excluding hydrogens is 478 g/mol. The Hall–Kier alpha value is -0.660. The van der Waals surface area contributed by atoms with Crippen LogP contribution in [0.1, 0.15) is 25.0 Å². The van der Waals surface area contributed by atoms with E-state index in [9.17, 15) is 0 Å². The molecule has 0 saturated heterocycles. The van der Waals surface area contributed by atoms with Gasteiger partial charge in [-0.2, -0.15) is 12.1 Å². The van der Waals surface area contributed by atoms with Crippen LogP contribution in [0.25, 0.3) is 21.5 Å². The van der Waals surface area contributed by atoms with Gasteiger partial charge in [-0.15, -0.1) is 103 Å². The Morgan fingerprint density at radius 3 is 1.36 bits per heavy atom. The van der Waals surface area contributed by atoms with Gasteiger partial charge in [0.2, 0.25) is 0 Å². The van der Waals surface area contributed by atoms with Crippen molar-refractivity contribution in [3.05, 3.63) is 83.9 Å². The average molecular weight is 507 g/mol. The van der Waals surface area contributed by atoms with E-state index in [1.807, 2.05) is 13.8 Å². The summed E-state index contributed by atoms with van der Waals surface area (Å²) in [5.74, 6) is 0. The molecule has 4 aromatic carbocycles. The zero-order chi connectivity index (χ0) is 19.9. The maximum Gasteiger partial charge on any atom is 2.00 e. The fourth-order valence-corrected chi connectivity index (χ4v) is 3.36. The molecule has 0 saturated carbocycles. The summed E-state index contributed by atoms with van der Waals surface area (Å²) in [5.41, 5.74) is 2.70. The van der Waals surface area contributed by atoms with Crippen molar-refractivity contribution in [2.45, 2.75) is 39.8 Å². The largest absolute Gasteiger partial charge is 2.00 e. The summed E-state index contributed by atoms with van der Waals surface area (Å²) in [6.45, 7) is 6.62. The van der Waals surface area contributed by atoms with Gasteiger partial charge in [-0.25, -0.2) is 0 Å². The molecule has 28 heavy (non-hydrogen) atoms. The molecule has 0 nitrogen and oxygen atoms in total. The third-order valence-electron chi connectivity index (χ3n) is 4.56. The van der Waals surface area contributed by atoms with Crippen LogP contribution in [0.15, 0.2) is 72.8 Å². The van der Waals surface area contributed by atoms with E-state index in [0.29, 0.717) is 0 Å². The first-order valence-corrected chi connectivity index (χ1v) is 13.9. The van der Waals surface area contributed by atoms with Gasteiger partial charge in [-0.1, -0.05) is 39.8 Å². The van der Waals surface area contributed by atoms with Gasteiger partial charge < -0.3 is 0 Å². The molecule has 146 valence electrons. The van der Waals surface area contributed by atoms with Crippen LogP contribution in [0.2, 0.25) is 12.1 Å². The molecule has 0 aliphatic carbocycles. The van der Waals surface area contributed by atoms with Crippen LogP contribution in [-0.4, -0.2) is 6.69 Å². The summed E-state index contributed by atoms with van der Waals surface area (Å²) in [6.07, 6.45) is 0. The Balaban J connectivity index is 0.000000211. The van der Waals surface area contributed by atoms with Gasteiger partial charge in [0, 0.05) is 0 Å². The molecule has 0 aliphatic heterocycles. The topological polar surface area (TPSA) is 0 Å². The zero-order valence-electron chi connectivity index (χ0n) is 17.1. The molecule has 0 bridgehead atoms. The summed E-state index contributed by atoms with van der Waals surface area (Å²) >= 11 is 11.6. The second kappa shape index (κ2) is 12.1. The van der Waals surface area contributed by atoms with Gasteiger partial charge in [-0.05, 0) is 12.1 Å². The molecule has 4 rings (SSSR count).